The van der Waals surface area contributed by atoms with E-state index < -0.39 is 0 Å². The first-order valence-electron chi connectivity index (χ1n) is 9.45. The van der Waals surface area contributed by atoms with Gasteiger partial charge in [-0.15, -0.1) is 0 Å². The van der Waals surface area contributed by atoms with Gasteiger partial charge in [0.2, 0.25) is 0 Å². The van der Waals surface area contributed by atoms with Crippen molar-refractivity contribution in [3.8, 4) is 0 Å². The first-order chi connectivity index (χ1) is 9.94. The molecular formula is C19H34N2. The summed E-state index contributed by atoms with van der Waals surface area (Å²) in [7, 11) is 0. The molecule has 4 rings (SSSR count). The van der Waals surface area contributed by atoms with Crippen molar-refractivity contribution in [1.29, 1.82) is 0 Å². The largest absolute Gasteiger partial charge is 0.328 e. The fourth-order valence-corrected chi connectivity index (χ4v) is 7.58. The van der Waals surface area contributed by atoms with Crippen molar-refractivity contribution < 1.29 is 0 Å². The van der Waals surface area contributed by atoms with Gasteiger partial charge in [-0.05, 0) is 79.4 Å². The van der Waals surface area contributed by atoms with Crippen molar-refractivity contribution in [2.75, 3.05) is 0 Å². The van der Waals surface area contributed by atoms with Crippen LogP contribution < -0.4 is 11.5 Å². The normalized spacial score (nSPS) is 60.0. The molecule has 0 bridgehead atoms. The van der Waals surface area contributed by atoms with Gasteiger partial charge in [0, 0.05) is 12.1 Å². The summed E-state index contributed by atoms with van der Waals surface area (Å²) in [4.78, 5) is 0. The average molecular weight is 290 g/mol. The first-order valence-corrected chi connectivity index (χ1v) is 9.45. The Morgan fingerprint density at radius 3 is 2.48 bits per heavy atom. The third-order valence-electron chi connectivity index (χ3n) is 8.48. The van der Waals surface area contributed by atoms with E-state index in [0.29, 0.717) is 22.9 Å². The molecule has 8 atom stereocenters. The maximum atomic E-state index is 6.71. The highest BCUT2D eigenvalue weighted by Gasteiger charge is 2.59. The smallest absolute Gasteiger partial charge is 0.00753 e. The third-order valence-corrected chi connectivity index (χ3v) is 8.48. The van der Waals surface area contributed by atoms with Gasteiger partial charge in [-0.2, -0.15) is 0 Å². The summed E-state index contributed by atoms with van der Waals surface area (Å²) >= 11 is 0. The topological polar surface area (TPSA) is 52.0 Å². The Labute approximate surface area is 130 Å². The van der Waals surface area contributed by atoms with E-state index in [0.717, 1.165) is 23.7 Å². The van der Waals surface area contributed by atoms with Gasteiger partial charge in [0.15, 0.2) is 0 Å². The highest BCUT2D eigenvalue weighted by atomic mass is 14.8. The van der Waals surface area contributed by atoms with Gasteiger partial charge in [-0.1, -0.05) is 26.7 Å². The molecular weight excluding hydrogens is 256 g/mol. The van der Waals surface area contributed by atoms with Crippen molar-refractivity contribution in [3.05, 3.63) is 0 Å². The maximum absolute atomic E-state index is 6.71. The molecule has 0 aliphatic heterocycles. The number of hydrogen-bond donors (Lipinski definition) is 2. The fourth-order valence-electron chi connectivity index (χ4n) is 7.58. The molecule has 0 heterocycles. The molecule has 4 N–H and O–H groups in total. The van der Waals surface area contributed by atoms with Gasteiger partial charge >= 0.3 is 0 Å². The van der Waals surface area contributed by atoms with Crippen molar-refractivity contribution in [3.63, 3.8) is 0 Å². The predicted molar refractivity (Wildman–Crippen MR) is 87.7 cm³/mol. The van der Waals surface area contributed by atoms with Crippen LogP contribution in [-0.2, 0) is 0 Å². The van der Waals surface area contributed by atoms with Crippen molar-refractivity contribution in [1.82, 2.24) is 0 Å². The molecule has 2 nitrogen and oxygen atoms in total. The Kier molecular flexibility index (Phi) is 3.25. The molecule has 4 aliphatic rings. The van der Waals surface area contributed by atoms with Crippen molar-refractivity contribution in [2.24, 2.45) is 46.0 Å². The van der Waals surface area contributed by atoms with Crippen LogP contribution >= 0.6 is 0 Å². The molecule has 2 heteroatoms. The zero-order chi connectivity index (χ0) is 14.8. The maximum Gasteiger partial charge on any atom is 0.00753 e. The molecule has 0 aromatic carbocycles. The van der Waals surface area contributed by atoms with E-state index in [1.807, 2.05) is 0 Å². The minimum atomic E-state index is 0.451. The minimum absolute atomic E-state index is 0.451. The lowest BCUT2D eigenvalue weighted by molar-refractivity contribution is -0.111. The Bertz CT molecular complexity index is 422. The molecule has 4 saturated carbocycles. The summed E-state index contributed by atoms with van der Waals surface area (Å²) in [5.74, 6) is 3.46. The monoisotopic (exact) mass is 290 g/mol. The van der Waals surface area contributed by atoms with Gasteiger partial charge in [-0.3, -0.25) is 0 Å². The van der Waals surface area contributed by atoms with Crippen LogP contribution in [0, 0.1) is 34.5 Å². The van der Waals surface area contributed by atoms with Gasteiger partial charge in [0.25, 0.3) is 0 Å². The van der Waals surface area contributed by atoms with Crippen LogP contribution in [-0.4, -0.2) is 12.1 Å². The Morgan fingerprint density at radius 1 is 0.857 bits per heavy atom. The van der Waals surface area contributed by atoms with E-state index in [9.17, 15) is 0 Å². The zero-order valence-corrected chi connectivity index (χ0v) is 14.0. The van der Waals surface area contributed by atoms with E-state index in [1.54, 1.807) is 0 Å². The molecule has 21 heavy (non-hydrogen) atoms. The average Bonchev–Trinajstić information content (AvgIpc) is 2.73. The summed E-state index contributed by atoms with van der Waals surface area (Å²) in [6.45, 7) is 5.13. The summed E-state index contributed by atoms with van der Waals surface area (Å²) in [5.41, 5.74) is 14.1. The Morgan fingerprint density at radius 2 is 1.67 bits per heavy atom. The highest BCUT2D eigenvalue weighted by molar-refractivity contribution is 5.10. The first kappa shape index (κ1) is 14.5. The Hall–Kier alpha value is -0.0800. The van der Waals surface area contributed by atoms with Crippen molar-refractivity contribution in [2.45, 2.75) is 83.7 Å². The van der Waals surface area contributed by atoms with Gasteiger partial charge in [0.1, 0.15) is 0 Å². The minimum Gasteiger partial charge on any atom is -0.328 e. The molecule has 0 spiro atoms. The van der Waals surface area contributed by atoms with Gasteiger partial charge in [-0.25, -0.2) is 0 Å². The second-order valence-electron chi connectivity index (χ2n) is 9.53. The van der Waals surface area contributed by atoms with Crippen LogP contribution in [0.15, 0.2) is 0 Å². The quantitative estimate of drug-likeness (QED) is 0.715. The van der Waals surface area contributed by atoms with Crippen LogP contribution in [0.2, 0.25) is 0 Å². The molecule has 0 amide bonds. The number of nitrogens with two attached hydrogens (primary N) is 2. The molecule has 4 aliphatic carbocycles. The van der Waals surface area contributed by atoms with Crippen LogP contribution in [0.4, 0.5) is 0 Å². The number of fused-ring (bicyclic) bond motifs is 5. The highest BCUT2D eigenvalue weighted by Crippen LogP contribution is 2.65. The zero-order valence-electron chi connectivity index (χ0n) is 14.0. The molecule has 0 saturated heterocycles. The number of rotatable bonds is 0. The lowest BCUT2D eigenvalue weighted by Gasteiger charge is -2.61. The predicted octanol–water partition coefficient (Wildman–Crippen LogP) is 3.68. The molecule has 120 valence electrons. The Balaban J connectivity index is 1.67. The summed E-state index contributed by atoms with van der Waals surface area (Å²) < 4.78 is 0. The van der Waals surface area contributed by atoms with Crippen molar-refractivity contribution >= 4 is 0 Å². The van der Waals surface area contributed by atoms with E-state index in [4.69, 9.17) is 11.5 Å². The molecule has 0 aromatic rings. The van der Waals surface area contributed by atoms with Crippen LogP contribution in [0.5, 0.6) is 0 Å². The van der Waals surface area contributed by atoms with Gasteiger partial charge in [0.05, 0.1) is 0 Å². The second kappa shape index (κ2) is 4.71. The van der Waals surface area contributed by atoms with Crippen LogP contribution in [0.25, 0.3) is 0 Å². The fraction of sp³-hybridized carbons (Fsp3) is 1.00. The molecule has 3 unspecified atom stereocenters. The number of hydrogen-bond acceptors (Lipinski definition) is 2. The SMILES string of the molecule is C[C@]12CC[C@@H]3[C@@H](CC(N)C4CCCC[C@@]43C)[C@@H]1CC(N)C2. The lowest BCUT2D eigenvalue weighted by atomic mass is 9.44. The van der Waals surface area contributed by atoms with E-state index in [1.165, 1.54) is 57.8 Å². The summed E-state index contributed by atoms with van der Waals surface area (Å²) in [5, 5.41) is 0. The van der Waals surface area contributed by atoms with Crippen LogP contribution in [0.3, 0.4) is 0 Å². The van der Waals surface area contributed by atoms with Gasteiger partial charge < -0.3 is 11.5 Å². The third kappa shape index (κ3) is 1.97. The standard InChI is InChI=1S/C19H34N2/c1-18-8-6-14-13(16(18)9-12(20)11-18)10-17(21)15-5-3-4-7-19(14,15)2/h12-17H,3-11,20-21H2,1-2H3/t12?,13-,14-,15?,16+,17?,18-,19-/m1/s1. The van der Waals surface area contributed by atoms with Crippen LogP contribution in [0.1, 0.15) is 71.6 Å². The summed E-state index contributed by atoms with van der Waals surface area (Å²) in [6.07, 6.45) is 12.4. The second-order valence-corrected chi connectivity index (χ2v) is 9.53. The van der Waals surface area contributed by atoms with E-state index in [-0.39, 0.29) is 0 Å². The van der Waals surface area contributed by atoms with E-state index >= 15 is 0 Å². The lowest BCUT2D eigenvalue weighted by Crippen LogP contribution is -2.58. The molecule has 4 fully saturated rings. The van der Waals surface area contributed by atoms with E-state index in [2.05, 4.69) is 13.8 Å². The molecule has 0 aromatic heterocycles. The molecule has 0 radical (unpaired) electrons. The summed E-state index contributed by atoms with van der Waals surface area (Å²) in [6, 6.07) is 0.905.